The van der Waals surface area contributed by atoms with Crippen LogP contribution in [-0.2, 0) is 12.8 Å². The second kappa shape index (κ2) is 9.05. The van der Waals surface area contributed by atoms with Crippen LogP contribution in [0.2, 0.25) is 0 Å². The fraction of sp³-hybridized carbons (Fsp3) is 0.160. The van der Waals surface area contributed by atoms with Crippen LogP contribution in [-0.4, -0.2) is 18.1 Å². The van der Waals surface area contributed by atoms with Gasteiger partial charge in [-0.05, 0) is 30.0 Å². The lowest BCUT2D eigenvalue weighted by atomic mass is 10.1. The number of pyridine rings is 1. The summed E-state index contributed by atoms with van der Waals surface area (Å²) in [7, 11) is 0. The number of anilines is 2. The van der Waals surface area contributed by atoms with Crippen molar-refractivity contribution >= 4 is 22.4 Å². The van der Waals surface area contributed by atoms with E-state index in [1.165, 1.54) is 11.1 Å². The third kappa shape index (κ3) is 4.68. The molecule has 1 heterocycles. The van der Waals surface area contributed by atoms with E-state index in [2.05, 4.69) is 95.6 Å². The Morgan fingerprint density at radius 2 is 1.18 bits per heavy atom. The number of hydrogen-bond donors (Lipinski definition) is 2. The number of benzene rings is 3. The largest absolute Gasteiger partial charge is 0.384 e. The van der Waals surface area contributed by atoms with Gasteiger partial charge in [0.05, 0.1) is 5.52 Å². The van der Waals surface area contributed by atoms with Crippen molar-refractivity contribution in [3.05, 3.63) is 102 Å². The minimum absolute atomic E-state index is 0.860. The van der Waals surface area contributed by atoms with Crippen LogP contribution >= 0.6 is 0 Å². The summed E-state index contributed by atoms with van der Waals surface area (Å²) in [4.78, 5) is 4.78. The van der Waals surface area contributed by atoms with Gasteiger partial charge in [0.15, 0.2) is 0 Å². The summed E-state index contributed by atoms with van der Waals surface area (Å²) in [5, 5.41) is 8.24. The SMILES string of the molecule is c1ccc(CCNc2cc(NCCc3ccccc3)c3ccccc3n2)cc1. The minimum atomic E-state index is 0.860. The molecule has 28 heavy (non-hydrogen) atoms. The maximum atomic E-state index is 4.78. The monoisotopic (exact) mass is 367 g/mol. The predicted molar refractivity (Wildman–Crippen MR) is 119 cm³/mol. The van der Waals surface area contributed by atoms with Crippen molar-refractivity contribution in [2.75, 3.05) is 23.7 Å². The first-order valence-corrected chi connectivity index (χ1v) is 9.84. The van der Waals surface area contributed by atoms with Crippen molar-refractivity contribution in [3.8, 4) is 0 Å². The fourth-order valence-corrected chi connectivity index (χ4v) is 3.38. The van der Waals surface area contributed by atoms with Gasteiger partial charge in [-0.25, -0.2) is 4.98 Å². The highest BCUT2D eigenvalue weighted by molar-refractivity contribution is 5.93. The van der Waals surface area contributed by atoms with E-state index in [1.54, 1.807) is 0 Å². The molecule has 0 saturated heterocycles. The molecule has 3 heteroatoms. The van der Waals surface area contributed by atoms with E-state index >= 15 is 0 Å². The zero-order valence-corrected chi connectivity index (χ0v) is 15.9. The van der Waals surface area contributed by atoms with Gasteiger partial charge < -0.3 is 10.6 Å². The second-order valence-corrected chi connectivity index (χ2v) is 6.90. The summed E-state index contributed by atoms with van der Waals surface area (Å²) in [6.45, 7) is 1.75. The van der Waals surface area contributed by atoms with E-state index in [-0.39, 0.29) is 0 Å². The van der Waals surface area contributed by atoms with Crippen molar-refractivity contribution in [1.82, 2.24) is 4.98 Å². The van der Waals surface area contributed by atoms with Crippen LogP contribution in [0, 0.1) is 0 Å². The minimum Gasteiger partial charge on any atom is -0.384 e. The molecule has 0 bridgehead atoms. The number of nitrogens with one attached hydrogen (secondary N) is 2. The predicted octanol–water partition coefficient (Wildman–Crippen LogP) is 5.54. The third-order valence-electron chi connectivity index (χ3n) is 4.85. The van der Waals surface area contributed by atoms with Crippen molar-refractivity contribution < 1.29 is 0 Å². The van der Waals surface area contributed by atoms with Crippen molar-refractivity contribution in [3.63, 3.8) is 0 Å². The maximum Gasteiger partial charge on any atom is 0.128 e. The Morgan fingerprint density at radius 1 is 0.607 bits per heavy atom. The summed E-state index contributed by atoms with van der Waals surface area (Å²) in [5.74, 6) is 0.914. The van der Waals surface area contributed by atoms with Gasteiger partial charge in [0.1, 0.15) is 5.82 Å². The Morgan fingerprint density at radius 3 is 1.86 bits per heavy atom. The number of rotatable bonds is 8. The smallest absolute Gasteiger partial charge is 0.128 e. The number of aromatic nitrogens is 1. The second-order valence-electron chi connectivity index (χ2n) is 6.90. The van der Waals surface area contributed by atoms with E-state index in [9.17, 15) is 0 Å². The lowest BCUT2D eigenvalue weighted by molar-refractivity contribution is 1.01. The van der Waals surface area contributed by atoms with E-state index in [1.807, 2.05) is 6.07 Å². The molecule has 4 aromatic rings. The van der Waals surface area contributed by atoms with Crippen molar-refractivity contribution in [1.29, 1.82) is 0 Å². The summed E-state index contributed by atoms with van der Waals surface area (Å²) in [6.07, 6.45) is 1.97. The van der Waals surface area contributed by atoms with Crippen LogP contribution in [0.25, 0.3) is 10.9 Å². The number of nitrogens with zero attached hydrogens (tertiary/aromatic N) is 1. The Balaban J connectivity index is 1.45. The van der Waals surface area contributed by atoms with Gasteiger partial charge in [-0.1, -0.05) is 78.9 Å². The van der Waals surface area contributed by atoms with Gasteiger partial charge in [0.2, 0.25) is 0 Å². The standard InChI is InChI=1S/C25H25N3/c1-3-9-20(10-4-1)15-17-26-24-19-25(28-23-14-8-7-13-22(23)24)27-18-16-21-11-5-2-6-12-21/h1-14,19H,15-18H2,(H2,26,27,28). The Bertz CT molecular complexity index is 1010. The topological polar surface area (TPSA) is 37.0 Å². The van der Waals surface area contributed by atoms with Gasteiger partial charge in [0.25, 0.3) is 0 Å². The summed E-state index contributed by atoms with van der Waals surface area (Å²) >= 11 is 0. The molecule has 0 atom stereocenters. The van der Waals surface area contributed by atoms with Crippen LogP contribution < -0.4 is 10.6 Å². The number of fused-ring (bicyclic) bond motifs is 1. The number of hydrogen-bond acceptors (Lipinski definition) is 3. The highest BCUT2D eigenvalue weighted by Gasteiger charge is 2.05. The van der Waals surface area contributed by atoms with Crippen LogP contribution in [0.4, 0.5) is 11.5 Å². The molecule has 0 aliphatic carbocycles. The molecule has 3 nitrogen and oxygen atoms in total. The zero-order chi connectivity index (χ0) is 19.0. The van der Waals surface area contributed by atoms with E-state index in [0.29, 0.717) is 0 Å². The highest BCUT2D eigenvalue weighted by Crippen LogP contribution is 2.25. The molecular formula is C25H25N3. The Kier molecular flexibility index (Phi) is 5.83. The molecule has 0 aliphatic rings. The average molecular weight is 367 g/mol. The normalized spacial score (nSPS) is 10.7. The van der Waals surface area contributed by atoms with E-state index in [0.717, 1.165) is 48.3 Å². The molecule has 0 unspecified atom stereocenters. The lowest BCUT2D eigenvalue weighted by Gasteiger charge is -2.13. The zero-order valence-electron chi connectivity index (χ0n) is 15.9. The third-order valence-corrected chi connectivity index (χ3v) is 4.85. The molecule has 3 aromatic carbocycles. The summed E-state index contributed by atoms with van der Waals surface area (Å²) in [5.41, 5.74) is 4.81. The van der Waals surface area contributed by atoms with Gasteiger partial charge in [0, 0.05) is 30.2 Å². The molecule has 0 aliphatic heterocycles. The Labute approximate surface area is 166 Å². The fourth-order valence-electron chi connectivity index (χ4n) is 3.38. The first-order valence-electron chi connectivity index (χ1n) is 9.84. The molecule has 2 N–H and O–H groups in total. The van der Waals surface area contributed by atoms with Crippen LogP contribution in [0.15, 0.2) is 91.0 Å². The highest BCUT2D eigenvalue weighted by atomic mass is 15.0. The van der Waals surface area contributed by atoms with Crippen LogP contribution in [0.5, 0.6) is 0 Å². The van der Waals surface area contributed by atoms with Gasteiger partial charge in [-0.3, -0.25) is 0 Å². The first kappa shape index (κ1) is 18.1. The molecule has 140 valence electrons. The lowest BCUT2D eigenvalue weighted by Crippen LogP contribution is -2.09. The van der Waals surface area contributed by atoms with E-state index < -0.39 is 0 Å². The molecule has 1 aromatic heterocycles. The van der Waals surface area contributed by atoms with Crippen molar-refractivity contribution in [2.24, 2.45) is 0 Å². The van der Waals surface area contributed by atoms with Crippen LogP contribution in [0.3, 0.4) is 0 Å². The molecule has 0 amide bonds. The number of para-hydroxylation sites is 1. The molecular weight excluding hydrogens is 342 g/mol. The molecule has 0 fully saturated rings. The average Bonchev–Trinajstić information content (AvgIpc) is 2.75. The summed E-state index contributed by atoms with van der Waals surface area (Å²) in [6, 6.07) is 31.5. The molecule has 4 rings (SSSR count). The molecule has 0 saturated carbocycles. The molecule has 0 spiro atoms. The van der Waals surface area contributed by atoms with Crippen molar-refractivity contribution in [2.45, 2.75) is 12.8 Å². The molecule has 0 radical (unpaired) electrons. The van der Waals surface area contributed by atoms with Crippen LogP contribution in [0.1, 0.15) is 11.1 Å². The Hall–Kier alpha value is -3.33. The summed E-state index contributed by atoms with van der Waals surface area (Å²) < 4.78 is 0. The first-order chi connectivity index (χ1) is 13.9. The van der Waals surface area contributed by atoms with Gasteiger partial charge in [-0.2, -0.15) is 0 Å². The van der Waals surface area contributed by atoms with E-state index in [4.69, 9.17) is 4.98 Å². The maximum absolute atomic E-state index is 4.78. The van der Waals surface area contributed by atoms with Gasteiger partial charge >= 0.3 is 0 Å². The quantitative estimate of drug-likeness (QED) is 0.429. The van der Waals surface area contributed by atoms with Gasteiger partial charge in [-0.15, -0.1) is 0 Å².